The lowest BCUT2D eigenvalue weighted by Gasteiger charge is -2.27. The zero-order valence-corrected chi connectivity index (χ0v) is 14.4. The molecule has 0 saturated heterocycles. The summed E-state index contributed by atoms with van der Waals surface area (Å²) in [6, 6.07) is 7.80. The molecule has 1 rings (SSSR count). The summed E-state index contributed by atoms with van der Waals surface area (Å²) in [4.78, 5) is 13.3. The summed E-state index contributed by atoms with van der Waals surface area (Å²) in [6.45, 7) is 10.5. The minimum absolute atomic E-state index is 0.0948. The molecular weight excluding hydrogens is 290 g/mol. The van der Waals surface area contributed by atoms with Crippen LogP contribution in [0.25, 0.3) is 0 Å². The van der Waals surface area contributed by atoms with Gasteiger partial charge in [0.15, 0.2) is 0 Å². The van der Waals surface area contributed by atoms with Crippen molar-refractivity contribution in [3.8, 4) is 0 Å². The van der Waals surface area contributed by atoms with Crippen LogP contribution >= 0.6 is 23.4 Å². The monoisotopic (exact) mass is 313 g/mol. The minimum Gasteiger partial charge on any atom is -0.352 e. The third-order valence-electron chi connectivity index (χ3n) is 3.24. The first-order valence-corrected chi connectivity index (χ1v) is 8.29. The van der Waals surface area contributed by atoms with E-state index in [1.807, 2.05) is 31.2 Å². The van der Waals surface area contributed by atoms with Crippen molar-refractivity contribution < 1.29 is 4.79 Å². The fourth-order valence-corrected chi connectivity index (χ4v) is 3.16. The van der Waals surface area contributed by atoms with Crippen LogP contribution < -0.4 is 5.32 Å². The Balaban J connectivity index is 2.60. The number of hydrogen-bond acceptors (Lipinski definition) is 2. The maximum Gasteiger partial charge on any atom is 0.233 e. The van der Waals surface area contributed by atoms with Gasteiger partial charge in [0.25, 0.3) is 0 Å². The second-order valence-electron chi connectivity index (χ2n) is 5.74. The highest BCUT2D eigenvalue weighted by Gasteiger charge is 2.23. The predicted molar refractivity (Wildman–Crippen MR) is 88.4 cm³/mol. The van der Waals surface area contributed by atoms with Gasteiger partial charge in [-0.15, -0.1) is 11.8 Å². The van der Waals surface area contributed by atoms with E-state index in [0.717, 1.165) is 4.90 Å². The van der Waals surface area contributed by atoms with Crippen molar-refractivity contribution in [1.82, 2.24) is 5.32 Å². The van der Waals surface area contributed by atoms with Crippen molar-refractivity contribution in [3.05, 3.63) is 29.3 Å². The zero-order chi connectivity index (χ0) is 15.3. The van der Waals surface area contributed by atoms with Gasteiger partial charge in [0.2, 0.25) is 5.91 Å². The van der Waals surface area contributed by atoms with Gasteiger partial charge in [-0.3, -0.25) is 4.79 Å². The molecule has 1 atom stereocenters. The molecule has 0 saturated carbocycles. The van der Waals surface area contributed by atoms with E-state index in [0.29, 0.717) is 16.9 Å². The fourth-order valence-electron chi connectivity index (χ4n) is 2.16. The Morgan fingerprint density at radius 1 is 1.05 bits per heavy atom. The molecular formula is C16H24ClNOS. The van der Waals surface area contributed by atoms with Crippen LogP contribution in [0.4, 0.5) is 0 Å². The van der Waals surface area contributed by atoms with Crippen LogP contribution in [0.15, 0.2) is 29.2 Å². The molecule has 4 heteroatoms. The predicted octanol–water partition coefficient (Wildman–Crippen LogP) is 4.62. The van der Waals surface area contributed by atoms with Crippen LogP contribution in [0, 0.1) is 11.8 Å². The van der Waals surface area contributed by atoms with Crippen LogP contribution in [0.2, 0.25) is 5.02 Å². The molecule has 0 bridgehead atoms. The van der Waals surface area contributed by atoms with E-state index in [9.17, 15) is 4.79 Å². The molecule has 0 aromatic heterocycles. The lowest BCUT2D eigenvalue weighted by Crippen LogP contribution is -2.45. The molecule has 0 aliphatic carbocycles. The summed E-state index contributed by atoms with van der Waals surface area (Å²) in [7, 11) is 0. The van der Waals surface area contributed by atoms with Gasteiger partial charge in [0, 0.05) is 16.0 Å². The summed E-state index contributed by atoms with van der Waals surface area (Å²) in [5, 5.41) is 3.76. The van der Waals surface area contributed by atoms with E-state index in [-0.39, 0.29) is 17.2 Å². The average molecular weight is 314 g/mol. The SMILES string of the molecule is CC(C)C(NC(=O)[C@H](C)Sc1ccc(Cl)cc1)C(C)C. The van der Waals surface area contributed by atoms with Gasteiger partial charge in [-0.1, -0.05) is 39.3 Å². The Labute approximate surface area is 131 Å². The molecule has 0 spiro atoms. The van der Waals surface area contributed by atoms with E-state index in [1.54, 1.807) is 11.8 Å². The molecule has 20 heavy (non-hydrogen) atoms. The van der Waals surface area contributed by atoms with E-state index in [2.05, 4.69) is 33.0 Å². The molecule has 0 aliphatic rings. The molecule has 1 aromatic rings. The second-order valence-corrected chi connectivity index (χ2v) is 7.59. The third kappa shape index (κ3) is 5.37. The molecule has 0 fully saturated rings. The first-order valence-electron chi connectivity index (χ1n) is 7.04. The number of halogens is 1. The van der Waals surface area contributed by atoms with Gasteiger partial charge in [-0.25, -0.2) is 0 Å². The molecule has 0 aliphatic heterocycles. The highest BCUT2D eigenvalue weighted by molar-refractivity contribution is 8.00. The van der Waals surface area contributed by atoms with E-state index in [1.165, 1.54) is 0 Å². The number of carbonyl (C=O) groups is 1. The highest BCUT2D eigenvalue weighted by Crippen LogP contribution is 2.25. The summed E-state index contributed by atoms with van der Waals surface area (Å²) in [6.07, 6.45) is 0. The Kier molecular flexibility index (Phi) is 6.90. The largest absolute Gasteiger partial charge is 0.352 e. The van der Waals surface area contributed by atoms with Crippen LogP contribution in [0.3, 0.4) is 0 Å². The van der Waals surface area contributed by atoms with Gasteiger partial charge in [0.1, 0.15) is 0 Å². The van der Waals surface area contributed by atoms with Gasteiger partial charge < -0.3 is 5.32 Å². The van der Waals surface area contributed by atoms with E-state index in [4.69, 9.17) is 11.6 Å². The summed E-state index contributed by atoms with van der Waals surface area (Å²) < 4.78 is 0. The standard InChI is InChI=1S/C16H24ClNOS/c1-10(2)15(11(3)4)18-16(19)12(5)20-14-8-6-13(17)7-9-14/h6-12,15H,1-5H3,(H,18,19)/t12-/m0/s1. The van der Waals surface area contributed by atoms with Crippen molar-refractivity contribution in [2.24, 2.45) is 11.8 Å². The quantitative estimate of drug-likeness (QED) is 0.777. The number of nitrogens with one attached hydrogen (secondary N) is 1. The number of amides is 1. The molecule has 1 aromatic carbocycles. The Morgan fingerprint density at radius 2 is 1.55 bits per heavy atom. The Hall–Kier alpha value is -0.670. The second kappa shape index (κ2) is 7.94. The smallest absolute Gasteiger partial charge is 0.233 e. The van der Waals surface area contributed by atoms with Crippen molar-refractivity contribution in [1.29, 1.82) is 0 Å². The summed E-state index contributed by atoms with van der Waals surface area (Å²) in [5.74, 6) is 0.968. The normalized spacial score (nSPS) is 13.1. The fraction of sp³-hybridized carbons (Fsp3) is 0.562. The Morgan fingerprint density at radius 3 is 2.00 bits per heavy atom. The van der Waals surface area contributed by atoms with Gasteiger partial charge in [0.05, 0.1) is 5.25 Å². The van der Waals surface area contributed by atoms with Crippen molar-refractivity contribution in [2.45, 2.75) is 50.8 Å². The number of rotatable bonds is 6. The van der Waals surface area contributed by atoms with Crippen LogP contribution in [-0.2, 0) is 4.79 Å². The molecule has 112 valence electrons. The summed E-state index contributed by atoms with van der Waals surface area (Å²) in [5.41, 5.74) is 0. The molecule has 0 unspecified atom stereocenters. The molecule has 2 nitrogen and oxygen atoms in total. The lowest BCUT2D eigenvalue weighted by atomic mass is 9.93. The average Bonchev–Trinajstić information content (AvgIpc) is 2.37. The maximum atomic E-state index is 12.3. The van der Waals surface area contributed by atoms with Gasteiger partial charge in [-0.05, 0) is 43.0 Å². The molecule has 1 N–H and O–H groups in total. The first kappa shape index (κ1) is 17.4. The summed E-state index contributed by atoms with van der Waals surface area (Å²) >= 11 is 7.42. The van der Waals surface area contributed by atoms with Crippen molar-refractivity contribution in [2.75, 3.05) is 0 Å². The number of benzene rings is 1. The number of carbonyl (C=O) groups excluding carboxylic acids is 1. The topological polar surface area (TPSA) is 29.1 Å². The Bertz CT molecular complexity index is 423. The maximum absolute atomic E-state index is 12.3. The number of thioether (sulfide) groups is 1. The third-order valence-corrected chi connectivity index (χ3v) is 4.61. The van der Waals surface area contributed by atoms with E-state index >= 15 is 0 Å². The van der Waals surface area contributed by atoms with E-state index < -0.39 is 0 Å². The molecule has 0 radical (unpaired) electrons. The van der Waals surface area contributed by atoms with Crippen LogP contribution in [0.5, 0.6) is 0 Å². The van der Waals surface area contributed by atoms with Gasteiger partial charge >= 0.3 is 0 Å². The van der Waals surface area contributed by atoms with Crippen LogP contribution in [0.1, 0.15) is 34.6 Å². The van der Waals surface area contributed by atoms with Gasteiger partial charge in [-0.2, -0.15) is 0 Å². The van der Waals surface area contributed by atoms with Crippen LogP contribution in [-0.4, -0.2) is 17.2 Å². The van der Waals surface area contributed by atoms with Crippen molar-refractivity contribution in [3.63, 3.8) is 0 Å². The first-order chi connectivity index (χ1) is 9.31. The molecule has 0 heterocycles. The minimum atomic E-state index is -0.115. The highest BCUT2D eigenvalue weighted by atomic mass is 35.5. The van der Waals surface area contributed by atoms with Crippen molar-refractivity contribution >= 4 is 29.3 Å². The molecule has 1 amide bonds. The number of hydrogen-bond donors (Lipinski definition) is 1. The zero-order valence-electron chi connectivity index (χ0n) is 12.8. The lowest BCUT2D eigenvalue weighted by molar-refractivity contribution is -0.121.